The van der Waals surface area contributed by atoms with Crippen LogP contribution in [-0.2, 0) is 5.41 Å². The number of likely N-dealkylation sites (tertiary alicyclic amines) is 1. The van der Waals surface area contributed by atoms with Gasteiger partial charge in [-0.15, -0.1) is 0 Å². The Hall–Kier alpha value is -0.820. The Morgan fingerprint density at radius 2 is 1.59 bits per heavy atom. The Morgan fingerprint density at radius 3 is 2.06 bits per heavy atom. The van der Waals surface area contributed by atoms with Crippen LogP contribution in [0.2, 0.25) is 0 Å². The van der Waals surface area contributed by atoms with Gasteiger partial charge >= 0.3 is 0 Å². The first-order valence-corrected chi connectivity index (χ1v) is 6.80. The maximum atomic E-state index is 2.43. The van der Waals surface area contributed by atoms with E-state index >= 15 is 0 Å². The molecule has 0 bridgehead atoms. The molecule has 0 N–H and O–H groups in total. The van der Waals surface area contributed by atoms with Gasteiger partial charge in [0.2, 0.25) is 0 Å². The Morgan fingerprint density at radius 1 is 1.06 bits per heavy atom. The molecule has 1 aliphatic heterocycles. The molecular weight excluding hydrogens is 206 g/mol. The minimum atomic E-state index is 0.391. The molecule has 0 spiro atoms. The van der Waals surface area contributed by atoms with Crippen molar-refractivity contribution in [2.24, 2.45) is 0 Å². The summed E-state index contributed by atoms with van der Waals surface area (Å²) >= 11 is 0. The van der Waals surface area contributed by atoms with Gasteiger partial charge in [-0.2, -0.15) is 0 Å². The molecule has 0 amide bonds. The summed E-state index contributed by atoms with van der Waals surface area (Å²) in [5.41, 5.74) is 3.36. The second-order valence-corrected chi connectivity index (χ2v) is 6.14. The van der Waals surface area contributed by atoms with Crippen molar-refractivity contribution in [1.82, 2.24) is 4.90 Å². The molecule has 1 aromatic carbocycles. The number of hydrogen-bond acceptors (Lipinski definition) is 1. The maximum Gasteiger partial charge on any atom is -0.00134 e. The SMILES string of the molecule is CC(C)c1ccc(C2(C)CCN(C)CC2)cc1. The van der Waals surface area contributed by atoms with E-state index in [1.54, 1.807) is 0 Å². The van der Waals surface area contributed by atoms with E-state index in [1.807, 2.05) is 0 Å². The smallest absolute Gasteiger partial charge is 0.00134 e. The third kappa shape index (κ3) is 2.71. The summed E-state index contributed by atoms with van der Waals surface area (Å²) in [5, 5.41) is 0. The Balaban J connectivity index is 2.16. The Kier molecular flexibility index (Phi) is 3.58. The average molecular weight is 231 g/mol. The predicted molar refractivity (Wildman–Crippen MR) is 74.6 cm³/mol. The second-order valence-electron chi connectivity index (χ2n) is 6.14. The number of benzene rings is 1. The predicted octanol–water partition coefficient (Wildman–Crippen LogP) is 3.79. The summed E-state index contributed by atoms with van der Waals surface area (Å²) in [5.74, 6) is 0.634. The molecule has 0 aliphatic carbocycles. The van der Waals surface area contributed by atoms with Gasteiger partial charge in [-0.05, 0) is 55.4 Å². The van der Waals surface area contributed by atoms with E-state index < -0.39 is 0 Å². The number of piperidine rings is 1. The van der Waals surface area contributed by atoms with E-state index in [-0.39, 0.29) is 0 Å². The molecule has 1 aliphatic rings. The van der Waals surface area contributed by atoms with Gasteiger partial charge in [-0.3, -0.25) is 0 Å². The van der Waals surface area contributed by atoms with Crippen LogP contribution in [0.15, 0.2) is 24.3 Å². The topological polar surface area (TPSA) is 3.24 Å². The zero-order chi connectivity index (χ0) is 12.5. The first kappa shape index (κ1) is 12.6. The molecule has 1 saturated heterocycles. The molecule has 0 atom stereocenters. The number of rotatable bonds is 2. The van der Waals surface area contributed by atoms with Gasteiger partial charge in [0.25, 0.3) is 0 Å². The first-order valence-electron chi connectivity index (χ1n) is 6.80. The van der Waals surface area contributed by atoms with Crippen molar-refractivity contribution in [3.05, 3.63) is 35.4 Å². The lowest BCUT2D eigenvalue weighted by Crippen LogP contribution is -2.38. The minimum Gasteiger partial charge on any atom is -0.306 e. The molecular formula is C16H25N. The van der Waals surface area contributed by atoms with Crippen molar-refractivity contribution in [3.8, 4) is 0 Å². The molecule has 1 heterocycles. The van der Waals surface area contributed by atoms with Gasteiger partial charge in [0.1, 0.15) is 0 Å². The summed E-state index contributed by atoms with van der Waals surface area (Å²) in [6.07, 6.45) is 2.56. The molecule has 2 rings (SSSR count). The third-order valence-electron chi connectivity index (χ3n) is 4.36. The van der Waals surface area contributed by atoms with E-state index in [2.05, 4.69) is 57.0 Å². The first-order chi connectivity index (χ1) is 8.01. The number of nitrogens with zero attached hydrogens (tertiary/aromatic N) is 1. The van der Waals surface area contributed by atoms with E-state index in [9.17, 15) is 0 Å². The highest BCUT2D eigenvalue weighted by Gasteiger charge is 2.30. The van der Waals surface area contributed by atoms with Crippen LogP contribution in [0.1, 0.15) is 50.7 Å². The van der Waals surface area contributed by atoms with Crippen molar-refractivity contribution < 1.29 is 0 Å². The lowest BCUT2D eigenvalue weighted by Gasteiger charge is -2.38. The summed E-state index contributed by atoms with van der Waals surface area (Å²) < 4.78 is 0. The number of hydrogen-bond donors (Lipinski definition) is 0. The van der Waals surface area contributed by atoms with Gasteiger partial charge in [0.05, 0.1) is 0 Å². The molecule has 1 heteroatoms. The van der Waals surface area contributed by atoms with Gasteiger partial charge in [-0.1, -0.05) is 45.0 Å². The van der Waals surface area contributed by atoms with Crippen LogP contribution in [0.5, 0.6) is 0 Å². The normalized spacial score (nSPS) is 20.8. The molecule has 0 unspecified atom stereocenters. The fourth-order valence-electron chi connectivity index (χ4n) is 2.67. The molecule has 17 heavy (non-hydrogen) atoms. The van der Waals surface area contributed by atoms with Crippen LogP contribution in [0, 0.1) is 0 Å². The zero-order valence-corrected chi connectivity index (χ0v) is 11.7. The van der Waals surface area contributed by atoms with Crippen LogP contribution in [0.4, 0.5) is 0 Å². The molecule has 94 valence electrons. The molecule has 0 aromatic heterocycles. The third-order valence-corrected chi connectivity index (χ3v) is 4.36. The van der Waals surface area contributed by atoms with Gasteiger partial charge in [0.15, 0.2) is 0 Å². The molecule has 1 aromatic rings. The van der Waals surface area contributed by atoms with Crippen LogP contribution < -0.4 is 0 Å². The fraction of sp³-hybridized carbons (Fsp3) is 0.625. The molecule has 1 fully saturated rings. The van der Waals surface area contributed by atoms with Gasteiger partial charge in [-0.25, -0.2) is 0 Å². The van der Waals surface area contributed by atoms with Crippen molar-refractivity contribution >= 4 is 0 Å². The molecule has 1 nitrogen and oxygen atoms in total. The standard InChI is InChI=1S/C16H25N/c1-13(2)14-5-7-15(8-6-14)16(3)9-11-17(4)12-10-16/h5-8,13H,9-12H2,1-4H3. The molecule has 0 radical (unpaired) electrons. The average Bonchev–Trinajstić information content (AvgIpc) is 2.33. The Bertz CT molecular complexity index is 356. The van der Waals surface area contributed by atoms with E-state index in [0.717, 1.165) is 0 Å². The maximum absolute atomic E-state index is 2.43. The van der Waals surface area contributed by atoms with Crippen molar-refractivity contribution in [2.75, 3.05) is 20.1 Å². The van der Waals surface area contributed by atoms with Crippen LogP contribution >= 0.6 is 0 Å². The van der Waals surface area contributed by atoms with Crippen LogP contribution in [-0.4, -0.2) is 25.0 Å². The van der Waals surface area contributed by atoms with E-state index in [4.69, 9.17) is 0 Å². The zero-order valence-electron chi connectivity index (χ0n) is 11.7. The minimum absolute atomic E-state index is 0.391. The Labute approximate surface area is 106 Å². The van der Waals surface area contributed by atoms with Crippen molar-refractivity contribution in [3.63, 3.8) is 0 Å². The summed E-state index contributed by atoms with van der Waals surface area (Å²) in [6.45, 7) is 9.38. The van der Waals surface area contributed by atoms with Gasteiger partial charge < -0.3 is 4.90 Å². The van der Waals surface area contributed by atoms with Crippen molar-refractivity contribution in [2.45, 2.75) is 44.9 Å². The van der Waals surface area contributed by atoms with Crippen LogP contribution in [0.25, 0.3) is 0 Å². The van der Waals surface area contributed by atoms with Crippen molar-refractivity contribution in [1.29, 1.82) is 0 Å². The highest BCUT2D eigenvalue weighted by Crippen LogP contribution is 2.35. The molecule has 0 saturated carbocycles. The lowest BCUT2D eigenvalue weighted by atomic mass is 9.74. The van der Waals surface area contributed by atoms with Crippen LogP contribution in [0.3, 0.4) is 0 Å². The monoisotopic (exact) mass is 231 g/mol. The highest BCUT2D eigenvalue weighted by molar-refractivity contribution is 5.30. The quantitative estimate of drug-likeness (QED) is 0.748. The van der Waals surface area contributed by atoms with E-state index in [1.165, 1.54) is 37.1 Å². The largest absolute Gasteiger partial charge is 0.306 e. The van der Waals surface area contributed by atoms with E-state index in [0.29, 0.717) is 11.3 Å². The second kappa shape index (κ2) is 4.81. The highest BCUT2D eigenvalue weighted by atomic mass is 15.1. The van der Waals surface area contributed by atoms with Gasteiger partial charge in [0, 0.05) is 0 Å². The lowest BCUT2D eigenvalue weighted by molar-refractivity contribution is 0.200. The summed E-state index contributed by atoms with van der Waals surface area (Å²) in [6, 6.07) is 9.31. The summed E-state index contributed by atoms with van der Waals surface area (Å²) in [7, 11) is 2.22. The summed E-state index contributed by atoms with van der Waals surface area (Å²) in [4.78, 5) is 2.43. The fourth-order valence-corrected chi connectivity index (χ4v) is 2.67.